The summed E-state index contributed by atoms with van der Waals surface area (Å²) in [6.45, 7) is 3.58. The summed E-state index contributed by atoms with van der Waals surface area (Å²) in [6, 6.07) is 4.48. The number of aromatic amines is 1. The standard InChI is InChI=1S/C13H15N5O3S/c1-7(2)17(16-13(14)22)12(19)8-3-4-10-9(5-8)11(6-15-10)18(20)21/h3-7,15H,1-2H3,(H3,14,16,22). The molecule has 1 heterocycles. The van der Waals surface area contributed by atoms with Gasteiger partial charge in [-0.25, -0.2) is 5.01 Å². The second-order valence-electron chi connectivity index (χ2n) is 4.94. The number of rotatable bonds is 3. The third kappa shape index (κ3) is 2.98. The lowest BCUT2D eigenvalue weighted by molar-refractivity contribution is -0.383. The molecule has 0 radical (unpaired) electrons. The van der Waals surface area contributed by atoms with Crippen LogP contribution >= 0.6 is 12.2 Å². The van der Waals surface area contributed by atoms with Gasteiger partial charge in [-0.1, -0.05) is 0 Å². The van der Waals surface area contributed by atoms with Crippen molar-refractivity contribution in [3.8, 4) is 0 Å². The van der Waals surface area contributed by atoms with Crippen LogP contribution in [0.1, 0.15) is 24.2 Å². The number of aromatic nitrogens is 1. The molecule has 1 amide bonds. The van der Waals surface area contributed by atoms with Crippen molar-refractivity contribution in [1.82, 2.24) is 15.4 Å². The maximum absolute atomic E-state index is 12.5. The molecule has 2 rings (SSSR count). The maximum Gasteiger partial charge on any atom is 0.294 e. The van der Waals surface area contributed by atoms with Crippen LogP contribution in [0.5, 0.6) is 0 Å². The number of hydrazine groups is 1. The van der Waals surface area contributed by atoms with E-state index in [1.165, 1.54) is 17.3 Å². The van der Waals surface area contributed by atoms with Gasteiger partial charge >= 0.3 is 0 Å². The van der Waals surface area contributed by atoms with Crippen molar-refractivity contribution in [1.29, 1.82) is 0 Å². The third-order valence-electron chi connectivity index (χ3n) is 3.07. The Morgan fingerprint density at radius 1 is 1.50 bits per heavy atom. The van der Waals surface area contributed by atoms with Crippen LogP contribution in [0.4, 0.5) is 5.69 Å². The van der Waals surface area contributed by atoms with Crippen LogP contribution in [0.15, 0.2) is 24.4 Å². The number of carbonyl (C=O) groups excluding carboxylic acids is 1. The first-order valence-electron chi connectivity index (χ1n) is 6.46. The topological polar surface area (TPSA) is 117 Å². The van der Waals surface area contributed by atoms with Crippen molar-refractivity contribution in [3.05, 3.63) is 40.1 Å². The molecular formula is C13H15N5O3S. The van der Waals surface area contributed by atoms with Gasteiger partial charge in [0.2, 0.25) is 0 Å². The molecule has 0 aliphatic rings. The van der Waals surface area contributed by atoms with E-state index in [2.05, 4.69) is 10.4 Å². The Kier molecular flexibility index (Phi) is 4.27. The summed E-state index contributed by atoms with van der Waals surface area (Å²) in [5.41, 5.74) is 8.83. The number of benzene rings is 1. The molecule has 8 nitrogen and oxygen atoms in total. The summed E-state index contributed by atoms with van der Waals surface area (Å²) < 4.78 is 0. The summed E-state index contributed by atoms with van der Waals surface area (Å²) in [4.78, 5) is 25.8. The van der Waals surface area contributed by atoms with Crippen molar-refractivity contribution in [2.75, 3.05) is 0 Å². The number of nitrogens with two attached hydrogens (primary N) is 1. The zero-order valence-corrected chi connectivity index (χ0v) is 12.8. The Morgan fingerprint density at radius 3 is 2.73 bits per heavy atom. The Bertz CT molecular complexity index is 755. The van der Waals surface area contributed by atoms with Gasteiger partial charge in [0.05, 0.1) is 22.0 Å². The van der Waals surface area contributed by atoms with Crippen molar-refractivity contribution in [2.45, 2.75) is 19.9 Å². The number of nitrogens with zero attached hydrogens (tertiary/aromatic N) is 2. The number of nitrogens with one attached hydrogen (secondary N) is 2. The van der Waals surface area contributed by atoms with E-state index in [9.17, 15) is 14.9 Å². The van der Waals surface area contributed by atoms with E-state index in [1.807, 2.05) is 0 Å². The summed E-state index contributed by atoms with van der Waals surface area (Å²) in [6.07, 6.45) is 1.30. The molecule has 2 aromatic rings. The Morgan fingerprint density at radius 2 is 2.18 bits per heavy atom. The van der Waals surface area contributed by atoms with E-state index in [0.29, 0.717) is 16.5 Å². The number of hydrogen-bond donors (Lipinski definition) is 3. The van der Waals surface area contributed by atoms with Gasteiger partial charge in [-0.05, 0) is 44.3 Å². The number of nitro groups is 1. The molecule has 0 spiro atoms. The van der Waals surface area contributed by atoms with Crippen LogP contribution in [0.3, 0.4) is 0 Å². The monoisotopic (exact) mass is 321 g/mol. The molecule has 0 aliphatic heterocycles. The lowest BCUT2D eigenvalue weighted by Crippen LogP contribution is -2.51. The number of hydrogen-bond acceptors (Lipinski definition) is 4. The fraction of sp³-hybridized carbons (Fsp3) is 0.231. The van der Waals surface area contributed by atoms with Gasteiger partial charge in [-0.3, -0.25) is 20.3 Å². The molecular weight excluding hydrogens is 306 g/mol. The molecule has 0 saturated heterocycles. The zero-order valence-electron chi connectivity index (χ0n) is 12.0. The van der Waals surface area contributed by atoms with E-state index in [0.717, 1.165) is 0 Å². The van der Waals surface area contributed by atoms with E-state index >= 15 is 0 Å². The molecule has 0 saturated carbocycles. The zero-order chi connectivity index (χ0) is 16.4. The minimum absolute atomic E-state index is 0.0317. The van der Waals surface area contributed by atoms with E-state index in [1.54, 1.807) is 26.0 Å². The van der Waals surface area contributed by atoms with Crippen LogP contribution in [0.2, 0.25) is 0 Å². The van der Waals surface area contributed by atoms with Gasteiger partial charge in [0.15, 0.2) is 5.11 Å². The van der Waals surface area contributed by atoms with Crippen LogP contribution in [-0.4, -0.2) is 32.0 Å². The first kappa shape index (κ1) is 15.7. The van der Waals surface area contributed by atoms with Gasteiger partial charge < -0.3 is 10.7 Å². The number of amides is 1. The summed E-state index contributed by atoms with van der Waals surface area (Å²) >= 11 is 4.76. The number of carbonyl (C=O) groups is 1. The Hall–Kier alpha value is -2.68. The first-order valence-corrected chi connectivity index (χ1v) is 6.87. The van der Waals surface area contributed by atoms with Crippen molar-refractivity contribution >= 4 is 39.8 Å². The van der Waals surface area contributed by atoms with Gasteiger partial charge in [0, 0.05) is 11.6 Å². The van der Waals surface area contributed by atoms with Crippen molar-refractivity contribution in [3.63, 3.8) is 0 Å². The van der Waals surface area contributed by atoms with Crippen LogP contribution in [0, 0.1) is 10.1 Å². The highest BCUT2D eigenvalue weighted by atomic mass is 32.1. The molecule has 0 unspecified atom stereocenters. The fourth-order valence-corrected chi connectivity index (χ4v) is 2.16. The molecule has 4 N–H and O–H groups in total. The minimum atomic E-state index is -0.499. The van der Waals surface area contributed by atoms with Crippen molar-refractivity contribution < 1.29 is 9.72 Å². The van der Waals surface area contributed by atoms with E-state index in [-0.39, 0.29) is 22.7 Å². The average Bonchev–Trinajstić information content (AvgIpc) is 2.86. The molecule has 0 fully saturated rings. The maximum atomic E-state index is 12.5. The molecule has 1 aromatic carbocycles. The molecule has 1 aromatic heterocycles. The van der Waals surface area contributed by atoms with Gasteiger partial charge in [-0.2, -0.15) is 0 Å². The smallest absolute Gasteiger partial charge is 0.294 e. The summed E-state index contributed by atoms with van der Waals surface area (Å²) in [7, 11) is 0. The highest BCUT2D eigenvalue weighted by molar-refractivity contribution is 7.80. The SMILES string of the molecule is CC(C)N(NC(N)=S)C(=O)c1ccc2[nH]cc([N+](=O)[O-])c2c1. The molecule has 116 valence electrons. The quantitative estimate of drug-likeness (QED) is 0.450. The molecule has 9 heteroatoms. The summed E-state index contributed by atoms with van der Waals surface area (Å²) in [5, 5.41) is 12.6. The number of thiocarbonyl (C=S) groups is 1. The molecule has 22 heavy (non-hydrogen) atoms. The highest BCUT2D eigenvalue weighted by Gasteiger charge is 2.22. The number of fused-ring (bicyclic) bond motifs is 1. The predicted octanol–water partition coefficient (Wildman–Crippen LogP) is 1.67. The first-order chi connectivity index (χ1) is 10.3. The third-order valence-corrected chi connectivity index (χ3v) is 3.16. The second-order valence-corrected chi connectivity index (χ2v) is 5.38. The van der Waals surface area contributed by atoms with Crippen molar-refractivity contribution in [2.24, 2.45) is 5.73 Å². The van der Waals surface area contributed by atoms with E-state index in [4.69, 9.17) is 18.0 Å². The van der Waals surface area contributed by atoms with Crippen LogP contribution in [-0.2, 0) is 0 Å². The Balaban J connectivity index is 2.44. The average molecular weight is 321 g/mol. The highest BCUT2D eigenvalue weighted by Crippen LogP contribution is 2.26. The van der Waals surface area contributed by atoms with Crippen LogP contribution in [0.25, 0.3) is 10.9 Å². The molecule has 0 aliphatic carbocycles. The predicted molar refractivity (Wildman–Crippen MR) is 86.2 cm³/mol. The summed E-state index contributed by atoms with van der Waals surface area (Å²) in [5.74, 6) is -0.375. The molecule has 0 atom stereocenters. The van der Waals surface area contributed by atoms with E-state index < -0.39 is 4.92 Å². The second kappa shape index (κ2) is 5.98. The van der Waals surface area contributed by atoms with Crippen LogP contribution < -0.4 is 11.2 Å². The van der Waals surface area contributed by atoms with Gasteiger partial charge in [-0.15, -0.1) is 0 Å². The minimum Gasteiger partial charge on any atom is -0.375 e. The largest absolute Gasteiger partial charge is 0.375 e. The van der Waals surface area contributed by atoms with Gasteiger partial charge in [0.1, 0.15) is 0 Å². The molecule has 0 bridgehead atoms. The number of H-pyrrole nitrogens is 1. The lowest BCUT2D eigenvalue weighted by atomic mass is 10.1. The lowest BCUT2D eigenvalue weighted by Gasteiger charge is -2.27. The Labute approximate surface area is 131 Å². The fourth-order valence-electron chi connectivity index (χ4n) is 2.06. The van der Waals surface area contributed by atoms with Gasteiger partial charge in [0.25, 0.3) is 11.6 Å². The normalized spacial score (nSPS) is 10.7.